The number of nitrogens with one attached hydrogen (secondary N) is 1. The van der Waals surface area contributed by atoms with E-state index in [0.717, 1.165) is 5.56 Å². The van der Waals surface area contributed by atoms with E-state index in [4.69, 9.17) is 13.6 Å². The first-order chi connectivity index (χ1) is 14.5. The molecule has 0 atom stereocenters. The van der Waals surface area contributed by atoms with Gasteiger partial charge in [-0.3, -0.25) is 4.79 Å². The number of hydrogen-bond donors (Lipinski definition) is 1. The fourth-order valence-electron chi connectivity index (χ4n) is 3.04. The van der Waals surface area contributed by atoms with Gasteiger partial charge >= 0.3 is 11.6 Å². The third kappa shape index (κ3) is 4.00. The molecule has 0 aliphatic carbocycles. The Labute approximate surface area is 170 Å². The van der Waals surface area contributed by atoms with Crippen LogP contribution in [0, 0.1) is 6.92 Å². The highest BCUT2D eigenvalue weighted by Gasteiger charge is 2.17. The van der Waals surface area contributed by atoms with E-state index in [9.17, 15) is 14.4 Å². The normalized spacial score (nSPS) is 10.7. The second-order valence-electron chi connectivity index (χ2n) is 6.64. The van der Waals surface area contributed by atoms with E-state index < -0.39 is 17.5 Å². The van der Waals surface area contributed by atoms with E-state index in [1.54, 1.807) is 36.4 Å². The molecule has 0 bridgehead atoms. The SMILES string of the molecule is Cc1ccc2c(COC(=O)c3ccccc3NC(=O)c3ccco3)cc(=O)oc2c1. The Morgan fingerprint density at radius 2 is 1.87 bits per heavy atom. The summed E-state index contributed by atoms with van der Waals surface area (Å²) in [5.74, 6) is -1.00. The zero-order valence-corrected chi connectivity index (χ0v) is 16.0. The molecule has 0 saturated carbocycles. The third-order valence-corrected chi connectivity index (χ3v) is 4.48. The predicted octanol–water partition coefficient (Wildman–Crippen LogP) is 4.30. The van der Waals surface area contributed by atoms with Crippen LogP contribution in [0.4, 0.5) is 5.69 Å². The molecule has 2 aromatic heterocycles. The molecule has 0 radical (unpaired) electrons. The number of esters is 1. The molecule has 0 fully saturated rings. The molecule has 0 saturated heterocycles. The molecule has 2 heterocycles. The first kappa shape index (κ1) is 19.2. The van der Waals surface area contributed by atoms with Gasteiger partial charge in [-0.25, -0.2) is 9.59 Å². The van der Waals surface area contributed by atoms with Crippen LogP contribution in [0.3, 0.4) is 0 Å². The number of benzene rings is 2. The van der Waals surface area contributed by atoms with Crippen LogP contribution in [0.2, 0.25) is 0 Å². The van der Waals surface area contributed by atoms with E-state index in [-0.39, 0.29) is 23.6 Å². The number of rotatable bonds is 5. The fourth-order valence-corrected chi connectivity index (χ4v) is 3.04. The minimum absolute atomic E-state index is 0.121. The van der Waals surface area contributed by atoms with Gasteiger partial charge in [0.15, 0.2) is 5.76 Å². The molecule has 0 aliphatic rings. The Balaban J connectivity index is 1.55. The summed E-state index contributed by atoms with van der Waals surface area (Å²) in [6.45, 7) is 1.77. The first-order valence-electron chi connectivity index (χ1n) is 9.15. The summed E-state index contributed by atoms with van der Waals surface area (Å²) in [7, 11) is 0. The van der Waals surface area contributed by atoms with Crippen LogP contribution in [0.5, 0.6) is 0 Å². The predicted molar refractivity (Wildman–Crippen MR) is 109 cm³/mol. The molecule has 1 N–H and O–H groups in total. The van der Waals surface area contributed by atoms with Crippen molar-refractivity contribution in [2.75, 3.05) is 5.32 Å². The number of para-hydroxylation sites is 1. The summed E-state index contributed by atoms with van der Waals surface area (Å²) < 4.78 is 15.7. The lowest BCUT2D eigenvalue weighted by molar-refractivity contribution is 0.0475. The number of carbonyl (C=O) groups excluding carboxylic acids is 2. The third-order valence-electron chi connectivity index (χ3n) is 4.48. The summed E-state index contributed by atoms with van der Waals surface area (Å²) in [6, 6.07) is 16.3. The Kier molecular flexibility index (Phi) is 5.17. The van der Waals surface area contributed by atoms with Crippen molar-refractivity contribution in [2.45, 2.75) is 13.5 Å². The highest BCUT2D eigenvalue weighted by molar-refractivity contribution is 6.06. The molecule has 7 heteroatoms. The van der Waals surface area contributed by atoms with Crippen LogP contribution >= 0.6 is 0 Å². The molecule has 1 amide bonds. The van der Waals surface area contributed by atoms with Gasteiger partial charge in [-0.1, -0.05) is 24.3 Å². The minimum atomic E-state index is -0.640. The van der Waals surface area contributed by atoms with Crippen LogP contribution in [-0.2, 0) is 11.3 Å². The van der Waals surface area contributed by atoms with Crippen molar-refractivity contribution in [3.63, 3.8) is 0 Å². The Morgan fingerprint density at radius 3 is 2.67 bits per heavy atom. The second-order valence-corrected chi connectivity index (χ2v) is 6.64. The molecule has 0 spiro atoms. The van der Waals surface area contributed by atoms with E-state index >= 15 is 0 Å². The van der Waals surface area contributed by atoms with Crippen molar-refractivity contribution in [1.82, 2.24) is 0 Å². The molecule has 0 unspecified atom stereocenters. The fraction of sp³-hybridized carbons (Fsp3) is 0.0870. The number of anilines is 1. The summed E-state index contributed by atoms with van der Waals surface area (Å²) in [5.41, 5.74) is 1.86. The molecule has 4 rings (SSSR count). The smallest absolute Gasteiger partial charge is 0.340 e. The van der Waals surface area contributed by atoms with Gasteiger partial charge in [0.2, 0.25) is 0 Å². The molecule has 4 aromatic rings. The van der Waals surface area contributed by atoms with Crippen molar-refractivity contribution in [3.05, 3.63) is 99.8 Å². The van der Waals surface area contributed by atoms with E-state index in [2.05, 4.69) is 5.32 Å². The number of aryl methyl sites for hydroxylation is 1. The number of ether oxygens (including phenoxy) is 1. The lowest BCUT2D eigenvalue weighted by Crippen LogP contribution is -2.15. The number of furan rings is 1. The van der Waals surface area contributed by atoms with Gasteiger partial charge < -0.3 is 18.9 Å². The molecular formula is C23H17NO6. The zero-order chi connectivity index (χ0) is 21.1. The zero-order valence-electron chi connectivity index (χ0n) is 16.0. The van der Waals surface area contributed by atoms with Gasteiger partial charge in [-0.2, -0.15) is 0 Å². The lowest BCUT2D eigenvalue weighted by atomic mass is 10.1. The molecule has 150 valence electrons. The van der Waals surface area contributed by atoms with Crippen molar-refractivity contribution in [1.29, 1.82) is 0 Å². The maximum atomic E-state index is 12.7. The number of amides is 1. The van der Waals surface area contributed by atoms with Crippen molar-refractivity contribution in [3.8, 4) is 0 Å². The maximum Gasteiger partial charge on any atom is 0.340 e. The summed E-state index contributed by atoms with van der Waals surface area (Å²) in [4.78, 5) is 36.8. The monoisotopic (exact) mass is 403 g/mol. The van der Waals surface area contributed by atoms with Gasteiger partial charge in [0.25, 0.3) is 5.91 Å². The van der Waals surface area contributed by atoms with E-state index in [1.807, 2.05) is 19.1 Å². The van der Waals surface area contributed by atoms with Gasteiger partial charge in [0, 0.05) is 17.0 Å². The lowest BCUT2D eigenvalue weighted by Gasteiger charge is -2.11. The van der Waals surface area contributed by atoms with Crippen LogP contribution < -0.4 is 10.9 Å². The van der Waals surface area contributed by atoms with Gasteiger partial charge in [0.1, 0.15) is 12.2 Å². The van der Waals surface area contributed by atoms with Crippen molar-refractivity contribution in [2.24, 2.45) is 0 Å². The average molecular weight is 403 g/mol. The Morgan fingerprint density at radius 1 is 1.03 bits per heavy atom. The quantitative estimate of drug-likeness (QED) is 0.394. The minimum Gasteiger partial charge on any atom is -0.459 e. The number of carbonyl (C=O) groups is 2. The van der Waals surface area contributed by atoms with Crippen molar-refractivity contribution >= 4 is 28.5 Å². The summed E-state index contributed by atoms with van der Waals surface area (Å²) in [6.07, 6.45) is 1.39. The van der Waals surface area contributed by atoms with E-state index in [1.165, 1.54) is 18.4 Å². The Bertz CT molecular complexity index is 1290. The molecule has 0 aliphatic heterocycles. The topological polar surface area (TPSA) is 98.7 Å². The van der Waals surface area contributed by atoms with Crippen LogP contribution in [-0.4, -0.2) is 11.9 Å². The van der Waals surface area contributed by atoms with Crippen LogP contribution in [0.15, 0.2) is 80.6 Å². The van der Waals surface area contributed by atoms with Gasteiger partial charge in [-0.15, -0.1) is 0 Å². The largest absolute Gasteiger partial charge is 0.459 e. The first-order valence-corrected chi connectivity index (χ1v) is 9.15. The average Bonchev–Trinajstić information content (AvgIpc) is 3.27. The highest BCUT2D eigenvalue weighted by atomic mass is 16.5. The molecule has 2 aromatic carbocycles. The molecular weight excluding hydrogens is 386 g/mol. The van der Waals surface area contributed by atoms with Crippen LogP contribution in [0.25, 0.3) is 11.0 Å². The summed E-state index contributed by atoms with van der Waals surface area (Å²) >= 11 is 0. The van der Waals surface area contributed by atoms with Crippen LogP contribution in [0.1, 0.15) is 32.0 Å². The number of hydrogen-bond acceptors (Lipinski definition) is 6. The second kappa shape index (κ2) is 8.08. The van der Waals surface area contributed by atoms with Gasteiger partial charge in [-0.05, 0) is 42.8 Å². The molecule has 30 heavy (non-hydrogen) atoms. The number of fused-ring (bicyclic) bond motifs is 1. The summed E-state index contributed by atoms with van der Waals surface area (Å²) in [5, 5.41) is 3.33. The van der Waals surface area contributed by atoms with Gasteiger partial charge in [0.05, 0.1) is 17.5 Å². The maximum absolute atomic E-state index is 12.7. The standard InChI is InChI=1S/C23H17NO6/c1-14-8-9-16-15(12-21(25)30-20(16)11-14)13-29-23(27)17-5-2-3-6-18(17)24-22(26)19-7-4-10-28-19/h2-12H,13H2,1H3,(H,24,26). The van der Waals surface area contributed by atoms with Crippen molar-refractivity contribution < 1.29 is 23.2 Å². The Hall–Kier alpha value is -4.13. The molecule has 7 nitrogen and oxygen atoms in total. The van der Waals surface area contributed by atoms with E-state index in [0.29, 0.717) is 16.5 Å². The highest BCUT2D eigenvalue weighted by Crippen LogP contribution is 2.21.